The topological polar surface area (TPSA) is 43.8 Å². The van der Waals surface area contributed by atoms with Crippen molar-refractivity contribution in [3.8, 4) is 5.75 Å². The van der Waals surface area contributed by atoms with E-state index in [1.807, 2.05) is 49.3 Å². The summed E-state index contributed by atoms with van der Waals surface area (Å²) < 4.78 is 0.504. The molecule has 0 unspecified atom stereocenters. The summed E-state index contributed by atoms with van der Waals surface area (Å²) >= 11 is 6.64. The lowest BCUT2D eigenvalue weighted by atomic mass is 10.2. The second-order valence-corrected chi connectivity index (χ2v) is 7.20. The van der Waals surface area contributed by atoms with E-state index in [2.05, 4.69) is 0 Å². The van der Waals surface area contributed by atoms with E-state index >= 15 is 0 Å². The first-order chi connectivity index (χ1) is 11.5. The van der Waals surface area contributed by atoms with Crippen molar-refractivity contribution in [2.45, 2.75) is 0 Å². The Balaban J connectivity index is 1.89. The van der Waals surface area contributed by atoms with Crippen molar-refractivity contribution in [1.82, 2.24) is 0 Å². The lowest BCUT2D eigenvalue weighted by Crippen LogP contribution is -2.27. The number of thioether (sulfide) groups is 1. The molecule has 122 valence electrons. The molecule has 0 aromatic heterocycles. The maximum atomic E-state index is 12.7. The number of carbonyl (C=O) groups excluding carboxylic acids is 1. The predicted molar refractivity (Wildman–Crippen MR) is 105 cm³/mol. The minimum absolute atomic E-state index is 0.147. The highest BCUT2D eigenvalue weighted by Crippen LogP contribution is 2.36. The summed E-state index contributed by atoms with van der Waals surface area (Å²) in [6.07, 6.45) is 1.74. The van der Waals surface area contributed by atoms with Crippen molar-refractivity contribution in [2.75, 3.05) is 23.9 Å². The minimum Gasteiger partial charge on any atom is -0.508 e. The number of hydrogen-bond acceptors (Lipinski definition) is 5. The third-order valence-corrected chi connectivity index (χ3v) is 4.89. The predicted octanol–water partition coefficient (Wildman–Crippen LogP) is 3.86. The van der Waals surface area contributed by atoms with E-state index in [0.717, 1.165) is 16.9 Å². The Bertz CT molecular complexity index is 829. The zero-order valence-corrected chi connectivity index (χ0v) is 14.9. The van der Waals surface area contributed by atoms with Crippen LogP contribution in [0.25, 0.3) is 6.08 Å². The molecular weight excluding hydrogens is 340 g/mol. The first-order valence-electron chi connectivity index (χ1n) is 7.30. The van der Waals surface area contributed by atoms with Crippen molar-refractivity contribution < 1.29 is 9.90 Å². The van der Waals surface area contributed by atoms with Crippen LogP contribution in [0, 0.1) is 0 Å². The van der Waals surface area contributed by atoms with Crippen LogP contribution in [0.3, 0.4) is 0 Å². The van der Waals surface area contributed by atoms with E-state index in [4.69, 9.17) is 12.2 Å². The molecule has 1 fully saturated rings. The molecule has 1 saturated heterocycles. The molecule has 4 nitrogen and oxygen atoms in total. The molecule has 0 saturated carbocycles. The minimum atomic E-state index is -0.147. The van der Waals surface area contributed by atoms with Crippen LogP contribution in [-0.2, 0) is 4.79 Å². The smallest absolute Gasteiger partial charge is 0.270 e. The summed E-state index contributed by atoms with van der Waals surface area (Å²) in [4.78, 5) is 16.8. The molecule has 1 N–H and O–H groups in total. The van der Waals surface area contributed by atoms with E-state index in [1.54, 1.807) is 24.3 Å². The number of anilines is 2. The summed E-state index contributed by atoms with van der Waals surface area (Å²) in [5, 5.41) is 9.54. The maximum absolute atomic E-state index is 12.7. The Kier molecular flexibility index (Phi) is 4.59. The van der Waals surface area contributed by atoms with Gasteiger partial charge in [-0.15, -0.1) is 0 Å². The number of nitrogens with zero attached hydrogens (tertiary/aromatic N) is 2. The average molecular weight is 356 g/mol. The molecule has 1 aliphatic rings. The molecule has 24 heavy (non-hydrogen) atoms. The number of rotatable bonds is 3. The van der Waals surface area contributed by atoms with Crippen LogP contribution in [-0.4, -0.2) is 29.4 Å². The highest BCUT2D eigenvalue weighted by Gasteiger charge is 2.33. The van der Waals surface area contributed by atoms with Gasteiger partial charge in [-0.05, 0) is 48.0 Å². The number of thiocarbonyl (C=S) groups is 1. The van der Waals surface area contributed by atoms with Gasteiger partial charge < -0.3 is 10.0 Å². The molecule has 0 radical (unpaired) electrons. The number of phenols is 1. The lowest BCUT2D eigenvalue weighted by molar-refractivity contribution is -0.113. The molecule has 0 aliphatic carbocycles. The van der Waals surface area contributed by atoms with Gasteiger partial charge in [0.15, 0.2) is 4.32 Å². The van der Waals surface area contributed by atoms with E-state index in [1.165, 1.54) is 16.7 Å². The molecule has 0 spiro atoms. The summed E-state index contributed by atoms with van der Waals surface area (Å²) in [7, 11) is 3.93. The van der Waals surface area contributed by atoms with Crippen molar-refractivity contribution in [2.24, 2.45) is 0 Å². The van der Waals surface area contributed by atoms with Gasteiger partial charge in [0, 0.05) is 19.8 Å². The van der Waals surface area contributed by atoms with Gasteiger partial charge >= 0.3 is 0 Å². The van der Waals surface area contributed by atoms with Crippen LogP contribution >= 0.6 is 24.0 Å². The first kappa shape index (κ1) is 16.5. The molecule has 1 heterocycles. The Morgan fingerprint density at radius 1 is 1.17 bits per heavy atom. The van der Waals surface area contributed by atoms with Gasteiger partial charge in [0.05, 0.1) is 10.6 Å². The second-order valence-electron chi connectivity index (χ2n) is 5.52. The molecule has 1 amide bonds. The van der Waals surface area contributed by atoms with Gasteiger partial charge in [-0.1, -0.05) is 36.1 Å². The zero-order valence-electron chi connectivity index (χ0n) is 13.3. The van der Waals surface area contributed by atoms with Crippen molar-refractivity contribution in [3.63, 3.8) is 0 Å². The average Bonchev–Trinajstić information content (AvgIpc) is 2.81. The molecule has 3 rings (SSSR count). The Hall–Kier alpha value is -2.31. The molecule has 6 heteroatoms. The van der Waals surface area contributed by atoms with Crippen molar-refractivity contribution >= 4 is 51.7 Å². The number of amides is 1. The molecule has 1 aliphatic heterocycles. The second kappa shape index (κ2) is 6.67. The van der Waals surface area contributed by atoms with Crippen LogP contribution in [0.5, 0.6) is 5.75 Å². The molecular formula is C18H16N2O2S2. The number of phenolic OH excluding ortho intramolecular Hbond substituents is 1. The van der Waals surface area contributed by atoms with Crippen molar-refractivity contribution in [1.29, 1.82) is 0 Å². The van der Waals surface area contributed by atoms with Crippen molar-refractivity contribution in [3.05, 3.63) is 59.0 Å². The van der Waals surface area contributed by atoms with E-state index in [-0.39, 0.29) is 11.7 Å². The van der Waals surface area contributed by atoms with Gasteiger partial charge in [-0.3, -0.25) is 9.69 Å². The highest BCUT2D eigenvalue weighted by atomic mass is 32.2. The fraction of sp³-hybridized carbons (Fsp3) is 0.111. The molecule has 0 bridgehead atoms. The lowest BCUT2D eigenvalue weighted by Gasteiger charge is -2.17. The number of benzene rings is 2. The summed E-state index contributed by atoms with van der Waals surface area (Å²) in [5.74, 6) is 0.0180. The van der Waals surface area contributed by atoms with Gasteiger partial charge in [0.2, 0.25) is 0 Å². The third-order valence-electron chi connectivity index (χ3n) is 3.59. The van der Waals surface area contributed by atoms with E-state index < -0.39 is 0 Å². The Morgan fingerprint density at radius 2 is 1.88 bits per heavy atom. The fourth-order valence-corrected chi connectivity index (χ4v) is 3.66. The molecule has 0 atom stereocenters. The Morgan fingerprint density at radius 3 is 2.50 bits per heavy atom. The maximum Gasteiger partial charge on any atom is 0.270 e. The fourth-order valence-electron chi connectivity index (χ4n) is 2.36. The highest BCUT2D eigenvalue weighted by molar-refractivity contribution is 8.27. The van der Waals surface area contributed by atoms with Crippen LogP contribution in [0.1, 0.15) is 5.56 Å². The van der Waals surface area contributed by atoms with Crippen LogP contribution in [0.2, 0.25) is 0 Å². The van der Waals surface area contributed by atoms with Gasteiger partial charge in [0.25, 0.3) is 5.91 Å². The summed E-state index contributed by atoms with van der Waals surface area (Å²) in [6.45, 7) is 0. The van der Waals surface area contributed by atoms with Crippen LogP contribution in [0.4, 0.5) is 11.4 Å². The SMILES string of the molecule is CN(C)c1ccc(N2C(=O)/C(=C\c3cccc(O)c3)SC2=S)cc1. The number of hydrogen-bond donors (Lipinski definition) is 1. The van der Waals surface area contributed by atoms with Gasteiger partial charge in [-0.2, -0.15) is 0 Å². The molecule has 2 aromatic rings. The normalized spacial score (nSPS) is 16.1. The zero-order chi connectivity index (χ0) is 17.3. The number of carbonyl (C=O) groups is 1. The van der Waals surface area contributed by atoms with E-state index in [0.29, 0.717) is 9.23 Å². The first-order valence-corrected chi connectivity index (χ1v) is 8.52. The summed E-state index contributed by atoms with van der Waals surface area (Å²) in [5.41, 5.74) is 2.57. The van der Waals surface area contributed by atoms with Crippen LogP contribution < -0.4 is 9.80 Å². The number of aromatic hydroxyl groups is 1. The summed E-state index contributed by atoms with van der Waals surface area (Å²) in [6, 6.07) is 14.4. The Labute approximate surface area is 150 Å². The monoisotopic (exact) mass is 356 g/mol. The van der Waals surface area contributed by atoms with Gasteiger partial charge in [-0.25, -0.2) is 0 Å². The standard InChI is InChI=1S/C18H16N2O2S2/c1-19(2)13-6-8-14(9-7-13)20-17(22)16(24-18(20)23)11-12-4-3-5-15(21)10-12/h3-11,21H,1-2H3/b16-11+. The third kappa shape index (κ3) is 3.29. The van der Waals surface area contributed by atoms with Gasteiger partial charge in [0.1, 0.15) is 5.75 Å². The quantitative estimate of drug-likeness (QED) is 0.668. The largest absolute Gasteiger partial charge is 0.508 e. The molecule has 2 aromatic carbocycles. The van der Waals surface area contributed by atoms with Crippen LogP contribution in [0.15, 0.2) is 53.4 Å². The van der Waals surface area contributed by atoms with E-state index in [9.17, 15) is 9.90 Å².